The Morgan fingerprint density at radius 3 is 2.40 bits per heavy atom. The lowest BCUT2D eigenvalue weighted by molar-refractivity contribution is -0.118. The number of carbonyl (C=O) groups excluding carboxylic acids is 1. The number of aromatic nitrogens is 1. The van der Waals surface area contributed by atoms with Crippen molar-refractivity contribution in [2.75, 3.05) is 5.32 Å². The summed E-state index contributed by atoms with van der Waals surface area (Å²) in [5.41, 5.74) is 1.06. The van der Waals surface area contributed by atoms with Crippen molar-refractivity contribution in [3.05, 3.63) is 53.6 Å². The van der Waals surface area contributed by atoms with Gasteiger partial charge in [-0.05, 0) is 50.2 Å². The number of nitrogens with one attached hydrogen (secondary N) is 1. The molecule has 0 spiro atoms. The van der Waals surface area contributed by atoms with E-state index in [0.29, 0.717) is 16.1 Å². The first-order valence-corrected chi connectivity index (χ1v) is 9.25. The summed E-state index contributed by atoms with van der Waals surface area (Å²) >= 11 is 5.79. The number of rotatable bonds is 4. The highest BCUT2D eigenvalue weighted by Gasteiger charge is 2.43. The summed E-state index contributed by atoms with van der Waals surface area (Å²) < 4.78 is 29.3. The van der Waals surface area contributed by atoms with E-state index >= 15 is 0 Å². The van der Waals surface area contributed by atoms with Gasteiger partial charge in [-0.15, -0.1) is 0 Å². The van der Waals surface area contributed by atoms with E-state index in [1.165, 1.54) is 38.1 Å². The van der Waals surface area contributed by atoms with Crippen molar-refractivity contribution in [3.8, 4) is 0 Å². The number of nitrogens with zero attached hydrogens (tertiary/aromatic N) is 1. The zero-order valence-electron chi connectivity index (χ0n) is 13.5. The molecule has 3 rings (SSSR count). The minimum atomic E-state index is -3.94. The molecule has 6 nitrogen and oxygen atoms in total. The lowest BCUT2D eigenvalue weighted by atomic mass is 10.2. The zero-order valence-corrected chi connectivity index (χ0v) is 15.1. The summed E-state index contributed by atoms with van der Waals surface area (Å²) in [5, 5.41) is 2.85. The van der Waals surface area contributed by atoms with Crippen LogP contribution in [0.5, 0.6) is 0 Å². The van der Waals surface area contributed by atoms with E-state index in [0.717, 1.165) is 0 Å². The van der Waals surface area contributed by atoms with E-state index in [1.807, 2.05) is 0 Å². The molecule has 0 aliphatic carbocycles. The van der Waals surface area contributed by atoms with Gasteiger partial charge in [-0.2, -0.15) is 4.98 Å². The van der Waals surface area contributed by atoms with Gasteiger partial charge >= 0.3 is 6.01 Å². The third-order valence-corrected chi connectivity index (χ3v) is 6.53. The topological polar surface area (TPSA) is 89.3 Å². The van der Waals surface area contributed by atoms with Gasteiger partial charge in [0, 0.05) is 5.02 Å². The van der Waals surface area contributed by atoms with Crippen molar-refractivity contribution < 1.29 is 17.6 Å². The first-order chi connectivity index (χ1) is 11.7. The molecule has 2 aromatic carbocycles. The van der Waals surface area contributed by atoms with Crippen LogP contribution in [0.1, 0.15) is 13.8 Å². The van der Waals surface area contributed by atoms with E-state index in [4.69, 9.17) is 16.0 Å². The second-order valence-electron chi connectivity index (χ2n) is 5.91. The molecule has 0 bridgehead atoms. The molecule has 25 heavy (non-hydrogen) atoms. The number of hydrogen-bond acceptors (Lipinski definition) is 5. The van der Waals surface area contributed by atoms with Gasteiger partial charge in [-0.25, -0.2) is 8.42 Å². The third-order valence-electron chi connectivity index (χ3n) is 3.86. The van der Waals surface area contributed by atoms with Crippen molar-refractivity contribution >= 4 is 44.5 Å². The van der Waals surface area contributed by atoms with Gasteiger partial charge in [0.25, 0.3) is 0 Å². The molecule has 0 aliphatic rings. The minimum absolute atomic E-state index is 0.00890. The van der Waals surface area contributed by atoms with Crippen LogP contribution >= 0.6 is 11.6 Å². The lowest BCUT2D eigenvalue weighted by Gasteiger charge is -2.23. The summed E-state index contributed by atoms with van der Waals surface area (Å²) in [5.74, 6) is -0.742. The van der Waals surface area contributed by atoms with Crippen LogP contribution in [-0.4, -0.2) is 24.1 Å². The van der Waals surface area contributed by atoms with Gasteiger partial charge in [0.15, 0.2) is 15.4 Å². The van der Waals surface area contributed by atoms with Crippen LogP contribution in [0.15, 0.2) is 57.8 Å². The van der Waals surface area contributed by atoms with Gasteiger partial charge in [-0.1, -0.05) is 23.7 Å². The number of halogens is 1. The van der Waals surface area contributed by atoms with Crippen LogP contribution in [-0.2, 0) is 14.6 Å². The second kappa shape index (κ2) is 6.16. The van der Waals surface area contributed by atoms with Gasteiger partial charge in [-0.3, -0.25) is 10.1 Å². The SMILES string of the molecule is CC(C)(C(=O)Nc1nc2ccccc2o1)S(=O)(=O)c1ccc(Cl)cc1. The van der Waals surface area contributed by atoms with Crippen LogP contribution in [0.3, 0.4) is 0 Å². The smallest absolute Gasteiger partial charge is 0.302 e. The molecule has 0 saturated heterocycles. The van der Waals surface area contributed by atoms with Crippen molar-refractivity contribution in [2.45, 2.75) is 23.5 Å². The molecule has 0 unspecified atom stereocenters. The predicted octanol–water partition coefficient (Wildman–Crippen LogP) is 3.67. The fraction of sp³-hybridized carbons (Fsp3) is 0.176. The molecule has 0 atom stereocenters. The normalized spacial score (nSPS) is 12.3. The molecule has 1 heterocycles. The number of carbonyl (C=O) groups is 1. The average molecular weight is 379 g/mol. The number of para-hydroxylation sites is 2. The maximum absolute atomic E-state index is 12.8. The monoisotopic (exact) mass is 378 g/mol. The van der Waals surface area contributed by atoms with Crippen molar-refractivity contribution in [3.63, 3.8) is 0 Å². The number of oxazole rings is 1. The number of fused-ring (bicyclic) bond motifs is 1. The number of sulfone groups is 1. The Hall–Kier alpha value is -2.38. The molecule has 130 valence electrons. The molecule has 1 amide bonds. The third kappa shape index (κ3) is 3.12. The fourth-order valence-electron chi connectivity index (χ4n) is 2.20. The highest BCUT2D eigenvalue weighted by atomic mass is 35.5. The Labute approximate surface area is 149 Å². The molecule has 0 saturated carbocycles. The molecule has 1 aromatic heterocycles. The molecule has 0 radical (unpaired) electrons. The second-order valence-corrected chi connectivity index (χ2v) is 8.84. The van der Waals surface area contributed by atoms with Crippen molar-refractivity contribution in [1.29, 1.82) is 0 Å². The van der Waals surface area contributed by atoms with Crippen LogP contribution < -0.4 is 5.32 Å². The molecular weight excluding hydrogens is 364 g/mol. The summed E-state index contributed by atoms with van der Waals surface area (Å²) in [6.45, 7) is 2.66. The largest absolute Gasteiger partial charge is 0.423 e. The summed E-state index contributed by atoms with van der Waals surface area (Å²) in [7, 11) is -3.94. The standard InChI is InChI=1S/C17H15ClN2O4S/c1-17(2,25(22,23)12-9-7-11(18)8-10-12)15(21)20-16-19-13-5-3-4-6-14(13)24-16/h3-10H,1-2H3,(H,19,20,21). The van der Waals surface area contributed by atoms with Gasteiger partial charge in [0.05, 0.1) is 4.90 Å². The maximum atomic E-state index is 12.8. The van der Waals surface area contributed by atoms with E-state index in [1.54, 1.807) is 24.3 Å². The van der Waals surface area contributed by atoms with Crippen molar-refractivity contribution in [1.82, 2.24) is 4.98 Å². The molecule has 0 fully saturated rings. The molecule has 1 N–H and O–H groups in total. The van der Waals surface area contributed by atoms with E-state index in [-0.39, 0.29) is 10.9 Å². The first kappa shape index (κ1) is 17.4. The van der Waals surface area contributed by atoms with Gasteiger partial charge < -0.3 is 4.42 Å². The molecule has 8 heteroatoms. The average Bonchev–Trinajstić information content (AvgIpc) is 2.97. The Morgan fingerprint density at radius 1 is 1.12 bits per heavy atom. The fourth-order valence-corrected chi connectivity index (χ4v) is 3.71. The highest BCUT2D eigenvalue weighted by molar-refractivity contribution is 7.93. The minimum Gasteiger partial charge on any atom is -0.423 e. The maximum Gasteiger partial charge on any atom is 0.302 e. The summed E-state index contributed by atoms with van der Waals surface area (Å²) in [4.78, 5) is 16.7. The number of hydrogen-bond donors (Lipinski definition) is 1. The first-order valence-electron chi connectivity index (χ1n) is 7.39. The Kier molecular flexibility index (Phi) is 4.30. The summed E-state index contributed by atoms with van der Waals surface area (Å²) in [6, 6.07) is 12.6. The zero-order chi connectivity index (χ0) is 18.2. The Morgan fingerprint density at radius 2 is 1.76 bits per heavy atom. The van der Waals surface area contributed by atoms with E-state index in [2.05, 4.69) is 10.3 Å². The van der Waals surface area contributed by atoms with Gasteiger partial charge in [0.1, 0.15) is 10.3 Å². The quantitative estimate of drug-likeness (QED) is 0.748. The van der Waals surface area contributed by atoms with Gasteiger partial charge in [0.2, 0.25) is 5.91 Å². The lowest BCUT2D eigenvalue weighted by Crippen LogP contribution is -2.44. The number of anilines is 1. The van der Waals surface area contributed by atoms with Crippen LogP contribution in [0.2, 0.25) is 5.02 Å². The van der Waals surface area contributed by atoms with Crippen LogP contribution in [0.4, 0.5) is 6.01 Å². The molecule has 3 aromatic rings. The molecular formula is C17H15ClN2O4S. The Bertz CT molecular complexity index is 1010. The van der Waals surface area contributed by atoms with Crippen LogP contribution in [0, 0.1) is 0 Å². The van der Waals surface area contributed by atoms with E-state index < -0.39 is 20.5 Å². The van der Waals surface area contributed by atoms with Crippen molar-refractivity contribution in [2.24, 2.45) is 0 Å². The number of amides is 1. The summed E-state index contributed by atoms with van der Waals surface area (Å²) in [6.07, 6.45) is 0. The van der Waals surface area contributed by atoms with Crippen LogP contribution in [0.25, 0.3) is 11.1 Å². The highest BCUT2D eigenvalue weighted by Crippen LogP contribution is 2.28. The molecule has 0 aliphatic heterocycles. The predicted molar refractivity (Wildman–Crippen MR) is 95.4 cm³/mol. The van der Waals surface area contributed by atoms with E-state index in [9.17, 15) is 13.2 Å². The Balaban J connectivity index is 1.90. The number of benzene rings is 2.